The van der Waals surface area contributed by atoms with Crippen LogP contribution in [-0.2, 0) is 4.79 Å². The fourth-order valence-corrected chi connectivity index (χ4v) is 2.87. The van der Waals surface area contributed by atoms with Gasteiger partial charge in [0.05, 0.1) is 11.6 Å². The smallest absolute Gasteiger partial charge is 0.253 e. The third-order valence-electron chi connectivity index (χ3n) is 3.73. The summed E-state index contributed by atoms with van der Waals surface area (Å²) in [5.41, 5.74) is 1.96. The van der Waals surface area contributed by atoms with E-state index in [1.165, 1.54) is 12.1 Å². The van der Waals surface area contributed by atoms with Gasteiger partial charge >= 0.3 is 0 Å². The number of likely N-dealkylation sites (N-methyl/N-ethyl adjacent to an activating group) is 1. The Morgan fingerprint density at radius 1 is 1.36 bits per heavy atom. The lowest BCUT2D eigenvalue weighted by Gasteiger charge is -2.33. The minimum absolute atomic E-state index is 0.0701. The van der Waals surface area contributed by atoms with Crippen LogP contribution in [0, 0.1) is 5.82 Å². The summed E-state index contributed by atoms with van der Waals surface area (Å²) in [5.74, 6) is -0.407. The van der Waals surface area contributed by atoms with Crippen molar-refractivity contribution in [1.29, 1.82) is 0 Å². The Morgan fingerprint density at radius 3 is 2.64 bits per heavy atom. The normalized spacial score (nSPS) is 17.8. The van der Waals surface area contributed by atoms with Crippen molar-refractivity contribution in [3.63, 3.8) is 0 Å². The van der Waals surface area contributed by atoms with E-state index in [4.69, 9.17) is 12.2 Å². The number of allylic oxidation sites excluding steroid dienone is 1. The van der Waals surface area contributed by atoms with Crippen molar-refractivity contribution in [2.24, 2.45) is 0 Å². The number of hydrogen-bond donors (Lipinski definition) is 2. The summed E-state index contributed by atoms with van der Waals surface area (Å²) in [6.45, 7) is 6.92. The summed E-state index contributed by atoms with van der Waals surface area (Å²) in [7, 11) is 0. The number of amides is 1. The molecule has 1 aliphatic heterocycles. The van der Waals surface area contributed by atoms with Crippen LogP contribution in [0.25, 0.3) is 0 Å². The summed E-state index contributed by atoms with van der Waals surface area (Å²) in [4.78, 5) is 14.5. The van der Waals surface area contributed by atoms with E-state index in [0.717, 1.165) is 0 Å². The number of halogens is 1. The molecule has 0 spiro atoms. The number of carbonyl (C=O) groups excluding carboxylic acids is 1. The van der Waals surface area contributed by atoms with Gasteiger partial charge in [0.1, 0.15) is 5.82 Å². The van der Waals surface area contributed by atoms with Crippen LogP contribution in [0.15, 0.2) is 35.5 Å². The summed E-state index contributed by atoms with van der Waals surface area (Å²) in [5, 5.41) is 6.49. The lowest BCUT2D eigenvalue weighted by molar-refractivity contribution is -0.127. The molecule has 0 aliphatic carbocycles. The van der Waals surface area contributed by atoms with Crippen molar-refractivity contribution in [1.82, 2.24) is 15.5 Å². The molecule has 2 N–H and O–H groups in total. The first-order chi connectivity index (χ1) is 10.5. The summed E-state index contributed by atoms with van der Waals surface area (Å²) < 4.78 is 13.5. The van der Waals surface area contributed by atoms with E-state index in [1.54, 1.807) is 17.0 Å². The second kappa shape index (κ2) is 6.87. The van der Waals surface area contributed by atoms with Gasteiger partial charge in [-0.25, -0.2) is 4.39 Å². The van der Waals surface area contributed by atoms with E-state index in [-0.39, 0.29) is 11.7 Å². The van der Waals surface area contributed by atoms with Gasteiger partial charge in [-0.3, -0.25) is 4.79 Å². The molecule has 0 unspecified atom stereocenters. The van der Waals surface area contributed by atoms with Gasteiger partial charge in [0.15, 0.2) is 5.11 Å². The molecule has 4 nitrogen and oxygen atoms in total. The van der Waals surface area contributed by atoms with Crippen LogP contribution in [0.2, 0.25) is 0 Å². The van der Waals surface area contributed by atoms with E-state index in [1.807, 2.05) is 20.8 Å². The van der Waals surface area contributed by atoms with Crippen LogP contribution >= 0.6 is 12.2 Å². The van der Waals surface area contributed by atoms with Gasteiger partial charge in [0.25, 0.3) is 5.91 Å². The topological polar surface area (TPSA) is 44.4 Å². The Bertz CT molecular complexity index is 626. The van der Waals surface area contributed by atoms with Crippen LogP contribution in [-0.4, -0.2) is 29.0 Å². The molecule has 0 saturated carbocycles. The minimum atomic E-state index is -0.447. The third kappa shape index (κ3) is 3.27. The highest BCUT2D eigenvalue weighted by molar-refractivity contribution is 7.80. The Morgan fingerprint density at radius 2 is 2.05 bits per heavy atom. The molecule has 1 amide bonds. The van der Waals surface area contributed by atoms with Crippen molar-refractivity contribution < 1.29 is 9.18 Å². The van der Waals surface area contributed by atoms with E-state index in [9.17, 15) is 9.18 Å². The lowest BCUT2D eigenvalue weighted by atomic mass is 9.94. The molecule has 1 aromatic rings. The maximum absolute atomic E-state index is 13.5. The molecule has 118 valence electrons. The number of hydrogen-bond acceptors (Lipinski definition) is 2. The van der Waals surface area contributed by atoms with E-state index >= 15 is 0 Å². The highest BCUT2D eigenvalue weighted by Gasteiger charge is 2.31. The zero-order valence-electron chi connectivity index (χ0n) is 12.9. The molecule has 22 heavy (non-hydrogen) atoms. The van der Waals surface area contributed by atoms with Crippen molar-refractivity contribution in [2.75, 3.05) is 13.1 Å². The van der Waals surface area contributed by atoms with Crippen LogP contribution in [0.3, 0.4) is 0 Å². The predicted octanol–water partition coefficient (Wildman–Crippen LogP) is 2.49. The average Bonchev–Trinajstić information content (AvgIpc) is 2.47. The molecule has 6 heteroatoms. The van der Waals surface area contributed by atoms with Gasteiger partial charge in [0, 0.05) is 18.8 Å². The minimum Gasteiger partial charge on any atom is -0.351 e. The zero-order valence-corrected chi connectivity index (χ0v) is 13.8. The highest BCUT2D eigenvalue weighted by atomic mass is 32.1. The SMILES string of the molecule is CCN(CC)C(=O)C1=C(C)NC(=S)N[C@@H]1c1cccc(F)c1. The van der Waals surface area contributed by atoms with Gasteiger partial charge < -0.3 is 15.5 Å². The van der Waals surface area contributed by atoms with E-state index in [0.29, 0.717) is 35.0 Å². The molecule has 0 saturated heterocycles. The molecule has 1 atom stereocenters. The summed E-state index contributed by atoms with van der Waals surface area (Å²) >= 11 is 5.18. The zero-order chi connectivity index (χ0) is 16.3. The molecule has 0 aromatic heterocycles. The molecule has 1 heterocycles. The van der Waals surface area contributed by atoms with Crippen LogP contribution in [0.1, 0.15) is 32.4 Å². The summed E-state index contributed by atoms with van der Waals surface area (Å²) in [6, 6.07) is 5.78. The Balaban J connectivity index is 2.47. The van der Waals surface area contributed by atoms with Crippen molar-refractivity contribution in [2.45, 2.75) is 26.8 Å². The molecule has 0 radical (unpaired) electrons. The summed E-state index contributed by atoms with van der Waals surface area (Å²) in [6.07, 6.45) is 0. The monoisotopic (exact) mass is 321 g/mol. The number of thiocarbonyl (C=S) groups is 1. The molecular formula is C16H20FN3OS. The Hall–Kier alpha value is -1.95. The molecular weight excluding hydrogens is 301 g/mol. The molecule has 1 aliphatic rings. The van der Waals surface area contributed by atoms with Gasteiger partial charge in [0.2, 0.25) is 0 Å². The van der Waals surface area contributed by atoms with Gasteiger partial charge in [-0.2, -0.15) is 0 Å². The second-order valence-electron chi connectivity index (χ2n) is 5.10. The van der Waals surface area contributed by atoms with Crippen LogP contribution in [0.4, 0.5) is 4.39 Å². The van der Waals surface area contributed by atoms with E-state index in [2.05, 4.69) is 10.6 Å². The second-order valence-corrected chi connectivity index (χ2v) is 5.51. The van der Waals surface area contributed by atoms with Crippen molar-refractivity contribution >= 4 is 23.2 Å². The standard InChI is InChI=1S/C16H20FN3OS/c1-4-20(5-2)15(21)13-10(3)18-16(22)19-14(13)11-7-6-8-12(17)9-11/h6-9,14H,4-5H2,1-3H3,(H2,18,19,22)/t14-/m1/s1. The number of benzene rings is 1. The van der Waals surface area contributed by atoms with Crippen LogP contribution < -0.4 is 10.6 Å². The molecule has 0 bridgehead atoms. The third-order valence-corrected chi connectivity index (χ3v) is 3.95. The van der Waals surface area contributed by atoms with Gasteiger partial charge in [-0.1, -0.05) is 12.1 Å². The lowest BCUT2D eigenvalue weighted by Crippen LogP contribution is -2.47. The average molecular weight is 321 g/mol. The Labute approximate surface area is 135 Å². The van der Waals surface area contributed by atoms with Gasteiger partial charge in [-0.05, 0) is 50.7 Å². The maximum Gasteiger partial charge on any atom is 0.253 e. The molecule has 2 rings (SSSR count). The largest absolute Gasteiger partial charge is 0.351 e. The maximum atomic E-state index is 13.5. The number of carbonyl (C=O) groups is 1. The number of nitrogens with zero attached hydrogens (tertiary/aromatic N) is 1. The molecule has 0 fully saturated rings. The Kier molecular flexibility index (Phi) is 5.13. The predicted molar refractivity (Wildman–Crippen MR) is 88.6 cm³/mol. The highest BCUT2D eigenvalue weighted by Crippen LogP contribution is 2.28. The van der Waals surface area contributed by atoms with Gasteiger partial charge in [-0.15, -0.1) is 0 Å². The fourth-order valence-electron chi connectivity index (χ4n) is 2.59. The quantitative estimate of drug-likeness (QED) is 0.836. The first-order valence-electron chi connectivity index (χ1n) is 7.30. The van der Waals surface area contributed by atoms with E-state index < -0.39 is 6.04 Å². The fraction of sp³-hybridized carbons (Fsp3) is 0.375. The molecule has 1 aromatic carbocycles. The first-order valence-corrected chi connectivity index (χ1v) is 7.71. The number of nitrogens with one attached hydrogen (secondary N) is 2. The first kappa shape index (κ1) is 16.4. The van der Waals surface area contributed by atoms with Crippen molar-refractivity contribution in [3.8, 4) is 0 Å². The van der Waals surface area contributed by atoms with Crippen LogP contribution in [0.5, 0.6) is 0 Å². The number of rotatable bonds is 4. The van der Waals surface area contributed by atoms with Crippen molar-refractivity contribution in [3.05, 3.63) is 46.9 Å².